The molecule has 6 heteroatoms. The zero-order valence-electron chi connectivity index (χ0n) is 48.5. The van der Waals surface area contributed by atoms with Crippen molar-refractivity contribution >= 4 is 124 Å². The van der Waals surface area contributed by atoms with Gasteiger partial charge in [-0.2, -0.15) is 0 Å². The summed E-state index contributed by atoms with van der Waals surface area (Å²) in [4.78, 5) is 9.78. The van der Waals surface area contributed by atoms with E-state index < -0.39 is 0 Å². The largest absolute Gasteiger partial charge is 0.311 e. The van der Waals surface area contributed by atoms with E-state index >= 15 is 0 Å². The molecule has 2 aliphatic heterocycles. The van der Waals surface area contributed by atoms with E-state index in [0.717, 1.165) is 39.1 Å². The lowest BCUT2D eigenvalue weighted by Crippen LogP contribution is -2.61. The molecule has 0 aromatic heterocycles. The minimum Gasteiger partial charge on any atom is -0.311 e. The Labute approximate surface area is 512 Å². The molecule has 12 aromatic carbocycles. The summed E-state index contributed by atoms with van der Waals surface area (Å²) in [5.41, 5.74) is 21.0. The van der Waals surface area contributed by atoms with Crippen LogP contribution in [0.25, 0.3) is 21.5 Å². The Bertz CT molecular complexity index is 4300. The third-order valence-corrected chi connectivity index (χ3v) is 19.0. The molecule has 12 aromatic rings. The second-order valence-electron chi connectivity index (χ2n) is 23.7. The second kappa shape index (κ2) is 23.6. The van der Waals surface area contributed by atoms with Gasteiger partial charge in [0.05, 0.1) is 22.1 Å². The number of hydrogen-bond donors (Lipinski definition) is 0. The van der Waals surface area contributed by atoms with Crippen molar-refractivity contribution in [3.8, 4) is 0 Å². The second-order valence-corrected chi connectivity index (χ2v) is 24.1. The zero-order valence-corrected chi connectivity index (χ0v) is 49.3. The minimum atomic E-state index is 0.154. The molecule has 0 saturated heterocycles. The first-order valence-electron chi connectivity index (χ1n) is 31.2. The standard InChI is InChI=1S/C40H33BN2.C40H35ClN2/c1-4-14-28(15-5-1)30-26-37-39-38(27-30)43(32-19-8-3-9-20-32)40-33-21-11-10-16-29(33)24-25-35(40)41(39)34-22-12-13-23-36(34)42(37)31-17-6-2-7-18-31;41-40-38(42(33-20-7-2-8-21-33)34-22-9-3-10-23-34)28-32(30-16-5-1-6-17-30)29-39(40)43(35-24-11-4-12-25-35)37-27-15-19-31-18-13-14-26-36(31)37/h2-3,6-13,16-28H,1,4-5,14-15H2;2-4,7-15,18-30H,1,5-6,16-17H2. The lowest BCUT2D eigenvalue weighted by atomic mass is 9.33. The molecule has 2 aliphatic carbocycles. The molecule has 0 spiro atoms. The summed E-state index contributed by atoms with van der Waals surface area (Å²) >= 11 is 7.68. The van der Waals surface area contributed by atoms with Crippen molar-refractivity contribution in [2.45, 2.75) is 76.0 Å². The van der Waals surface area contributed by atoms with E-state index in [1.807, 2.05) is 0 Å². The lowest BCUT2D eigenvalue weighted by Gasteiger charge is -2.45. The highest BCUT2D eigenvalue weighted by Crippen LogP contribution is 2.52. The Morgan fingerprint density at radius 3 is 1.37 bits per heavy atom. The van der Waals surface area contributed by atoms with Gasteiger partial charge in [0.25, 0.3) is 6.71 Å². The van der Waals surface area contributed by atoms with Crippen LogP contribution in [-0.2, 0) is 0 Å². The van der Waals surface area contributed by atoms with Crippen molar-refractivity contribution in [3.05, 3.63) is 295 Å². The van der Waals surface area contributed by atoms with Gasteiger partial charge in [0, 0.05) is 62.0 Å². The number of hydrogen-bond acceptors (Lipinski definition) is 4. The number of para-hydroxylation sites is 6. The highest BCUT2D eigenvalue weighted by Gasteiger charge is 2.44. The number of rotatable bonds is 10. The molecule has 0 amide bonds. The third kappa shape index (κ3) is 9.88. The SMILES string of the molecule is Clc1c(N(c2ccccc2)c2ccccc2)cc(C2CCCCC2)cc1N(c1ccccc1)c1cccc2ccccc12.c1ccc(N2c3ccccc3B3c4ccc5ccccc5c4N(c4ccccc4)c4cc(C5CCCCC5)cc2c43)cc1. The van der Waals surface area contributed by atoms with Gasteiger partial charge in [-0.1, -0.05) is 232 Å². The maximum atomic E-state index is 7.68. The topological polar surface area (TPSA) is 13.0 Å². The van der Waals surface area contributed by atoms with Gasteiger partial charge in [-0.15, -0.1) is 0 Å². The van der Waals surface area contributed by atoms with Crippen LogP contribution in [0, 0.1) is 0 Å². The van der Waals surface area contributed by atoms with E-state index in [9.17, 15) is 0 Å². The van der Waals surface area contributed by atoms with Crippen molar-refractivity contribution in [1.29, 1.82) is 0 Å². The minimum absolute atomic E-state index is 0.154. The fourth-order valence-corrected chi connectivity index (χ4v) is 15.0. The van der Waals surface area contributed by atoms with Crippen molar-refractivity contribution in [3.63, 3.8) is 0 Å². The van der Waals surface area contributed by atoms with Crippen LogP contribution in [0.1, 0.15) is 87.2 Å². The number of halogens is 1. The summed E-state index contributed by atoms with van der Waals surface area (Å²) in [5, 5.41) is 5.71. The molecule has 2 heterocycles. The van der Waals surface area contributed by atoms with Crippen LogP contribution < -0.4 is 36.0 Å². The van der Waals surface area contributed by atoms with E-state index in [0.29, 0.717) is 11.8 Å². The van der Waals surface area contributed by atoms with Crippen LogP contribution in [0.15, 0.2) is 279 Å². The summed E-state index contributed by atoms with van der Waals surface area (Å²) < 4.78 is 0. The highest BCUT2D eigenvalue weighted by molar-refractivity contribution is 7.00. The molecule has 0 unspecified atom stereocenters. The quantitative estimate of drug-likeness (QED) is 0.127. The molecule has 86 heavy (non-hydrogen) atoms. The fraction of sp³-hybridized carbons (Fsp3) is 0.150. The van der Waals surface area contributed by atoms with Crippen molar-refractivity contribution < 1.29 is 0 Å². The smallest absolute Gasteiger partial charge is 0.252 e. The van der Waals surface area contributed by atoms with Crippen molar-refractivity contribution in [1.82, 2.24) is 0 Å². The first kappa shape index (κ1) is 53.4. The van der Waals surface area contributed by atoms with Crippen LogP contribution in [0.4, 0.5) is 68.2 Å². The zero-order chi connectivity index (χ0) is 57.3. The predicted octanol–water partition coefficient (Wildman–Crippen LogP) is 21.5. The van der Waals surface area contributed by atoms with Crippen LogP contribution >= 0.6 is 11.6 Å². The number of benzene rings is 12. The van der Waals surface area contributed by atoms with Crippen molar-refractivity contribution in [2.24, 2.45) is 0 Å². The van der Waals surface area contributed by atoms with Gasteiger partial charge in [0.1, 0.15) is 0 Å². The molecule has 418 valence electrons. The average molecular weight is 1130 g/mol. The van der Waals surface area contributed by atoms with E-state index in [2.05, 4.69) is 299 Å². The Balaban J connectivity index is 0.000000145. The summed E-state index contributed by atoms with van der Waals surface area (Å²) in [6.07, 6.45) is 12.8. The van der Waals surface area contributed by atoms with Crippen LogP contribution in [0.3, 0.4) is 0 Å². The summed E-state index contributed by atoms with van der Waals surface area (Å²) in [6, 6.07) is 102. The Kier molecular flexibility index (Phi) is 14.7. The molecule has 0 bridgehead atoms. The summed E-state index contributed by atoms with van der Waals surface area (Å²) in [5.74, 6) is 1.09. The molecule has 2 fully saturated rings. The number of anilines is 12. The maximum absolute atomic E-state index is 7.68. The van der Waals surface area contributed by atoms with E-state index in [1.165, 1.54) is 147 Å². The van der Waals surface area contributed by atoms with E-state index in [-0.39, 0.29) is 6.71 Å². The first-order valence-corrected chi connectivity index (χ1v) is 31.6. The van der Waals surface area contributed by atoms with E-state index in [1.54, 1.807) is 0 Å². The average Bonchev–Trinajstić information content (AvgIpc) is 2.03. The predicted molar refractivity (Wildman–Crippen MR) is 368 cm³/mol. The first-order chi connectivity index (χ1) is 42.6. The molecule has 4 nitrogen and oxygen atoms in total. The summed E-state index contributed by atoms with van der Waals surface area (Å²) in [6.45, 7) is 0.154. The highest BCUT2D eigenvalue weighted by atomic mass is 35.5. The number of nitrogens with zero attached hydrogens (tertiary/aromatic N) is 4. The van der Waals surface area contributed by atoms with E-state index in [4.69, 9.17) is 11.6 Å². The van der Waals surface area contributed by atoms with Gasteiger partial charge >= 0.3 is 0 Å². The third-order valence-electron chi connectivity index (χ3n) is 18.7. The Morgan fingerprint density at radius 1 is 0.337 bits per heavy atom. The summed E-state index contributed by atoms with van der Waals surface area (Å²) in [7, 11) is 0. The maximum Gasteiger partial charge on any atom is 0.252 e. The molecular weight excluding hydrogens is 1060 g/mol. The molecule has 0 N–H and O–H groups in total. The lowest BCUT2D eigenvalue weighted by molar-refractivity contribution is 0.444. The molecule has 0 radical (unpaired) electrons. The molecule has 4 aliphatic rings. The molecule has 0 atom stereocenters. The fourth-order valence-electron chi connectivity index (χ4n) is 14.7. The normalized spacial score (nSPS) is 14.6. The Hall–Kier alpha value is -9.29. The monoisotopic (exact) mass is 1130 g/mol. The van der Waals surface area contributed by atoms with Gasteiger partial charge in [-0.3, -0.25) is 0 Å². The van der Waals surface area contributed by atoms with Gasteiger partial charge in [0.15, 0.2) is 0 Å². The molecular formula is C80H68BClN4. The van der Waals surface area contributed by atoms with Gasteiger partial charge in [-0.05, 0) is 173 Å². The van der Waals surface area contributed by atoms with Gasteiger partial charge in [0.2, 0.25) is 0 Å². The van der Waals surface area contributed by atoms with Crippen LogP contribution in [0.5, 0.6) is 0 Å². The Morgan fingerprint density at radius 2 is 0.779 bits per heavy atom. The number of fused-ring (bicyclic) bond motifs is 7. The van der Waals surface area contributed by atoms with Crippen LogP contribution in [-0.4, -0.2) is 6.71 Å². The molecule has 16 rings (SSSR count). The van der Waals surface area contributed by atoms with Crippen molar-refractivity contribution in [2.75, 3.05) is 19.6 Å². The van der Waals surface area contributed by atoms with Gasteiger partial charge in [-0.25, -0.2) is 0 Å². The molecule has 2 saturated carbocycles. The van der Waals surface area contributed by atoms with Gasteiger partial charge < -0.3 is 19.6 Å². The van der Waals surface area contributed by atoms with Crippen LogP contribution in [0.2, 0.25) is 5.02 Å².